The number of likely N-dealkylation sites (tertiary alicyclic amines) is 1. The minimum atomic E-state index is -0.159. The van der Waals surface area contributed by atoms with Crippen LogP contribution in [0.25, 0.3) is 0 Å². The van der Waals surface area contributed by atoms with Crippen molar-refractivity contribution >= 4 is 11.8 Å². The summed E-state index contributed by atoms with van der Waals surface area (Å²) in [5.74, 6) is 0.0583. The second-order valence-corrected chi connectivity index (χ2v) is 5.35. The Balaban J connectivity index is 1.89. The molecule has 0 radical (unpaired) electrons. The highest BCUT2D eigenvalue weighted by molar-refractivity contribution is 5.89. The zero-order chi connectivity index (χ0) is 13.8. The predicted molar refractivity (Wildman–Crippen MR) is 71.6 cm³/mol. The summed E-state index contributed by atoms with van der Waals surface area (Å²) in [7, 11) is 0. The van der Waals surface area contributed by atoms with Gasteiger partial charge in [-0.05, 0) is 26.7 Å². The summed E-state index contributed by atoms with van der Waals surface area (Å²) in [6.45, 7) is 7.39. The first-order valence-electron chi connectivity index (χ1n) is 7.33. The second kappa shape index (κ2) is 6.37. The molecule has 0 spiro atoms. The largest absolute Gasteiger partial charge is 0.376 e. The highest BCUT2D eigenvalue weighted by Crippen LogP contribution is 2.22. The van der Waals surface area contributed by atoms with Gasteiger partial charge in [0.25, 0.3) is 0 Å². The third kappa shape index (κ3) is 3.26. The summed E-state index contributed by atoms with van der Waals surface area (Å²) >= 11 is 0. The van der Waals surface area contributed by atoms with Crippen molar-refractivity contribution in [3.63, 3.8) is 0 Å². The Labute approximate surface area is 114 Å². The summed E-state index contributed by atoms with van der Waals surface area (Å²) in [6.07, 6.45) is 2.64. The maximum absolute atomic E-state index is 12.3. The van der Waals surface area contributed by atoms with Gasteiger partial charge in [0.05, 0.1) is 12.0 Å². The topological polar surface area (TPSA) is 49.9 Å². The number of hydrogen-bond acceptors (Lipinski definition) is 3. The summed E-state index contributed by atoms with van der Waals surface area (Å²) in [5.41, 5.74) is 0. The fourth-order valence-electron chi connectivity index (χ4n) is 2.94. The molecule has 2 aliphatic rings. The highest BCUT2D eigenvalue weighted by Gasteiger charge is 2.37. The van der Waals surface area contributed by atoms with E-state index in [-0.39, 0.29) is 23.8 Å². The molecular formula is C14H24N2O3. The van der Waals surface area contributed by atoms with Crippen LogP contribution in [0.3, 0.4) is 0 Å². The second-order valence-electron chi connectivity index (χ2n) is 5.35. The Morgan fingerprint density at radius 3 is 2.74 bits per heavy atom. The van der Waals surface area contributed by atoms with Crippen LogP contribution in [0.5, 0.6) is 0 Å². The Morgan fingerprint density at radius 2 is 2.16 bits per heavy atom. The molecule has 19 heavy (non-hydrogen) atoms. The van der Waals surface area contributed by atoms with Crippen LogP contribution in [0.1, 0.15) is 33.1 Å². The lowest BCUT2D eigenvalue weighted by molar-refractivity contribution is -0.135. The first-order valence-corrected chi connectivity index (χ1v) is 7.33. The van der Waals surface area contributed by atoms with Gasteiger partial charge in [-0.1, -0.05) is 0 Å². The zero-order valence-electron chi connectivity index (χ0n) is 11.9. The number of hydrogen-bond donors (Lipinski definition) is 0. The molecule has 0 aromatic rings. The van der Waals surface area contributed by atoms with E-state index in [0.717, 1.165) is 19.4 Å². The van der Waals surface area contributed by atoms with Crippen molar-refractivity contribution in [1.29, 1.82) is 0 Å². The highest BCUT2D eigenvalue weighted by atomic mass is 16.5. The molecular weight excluding hydrogens is 244 g/mol. The maximum atomic E-state index is 12.3. The predicted octanol–water partition coefficient (Wildman–Crippen LogP) is 0.882. The molecule has 2 fully saturated rings. The van der Waals surface area contributed by atoms with Crippen molar-refractivity contribution in [2.75, 3.05) is 32.8 Å². The van der Waals surface area contributed by atoms with Gasteiger partial charge < -0.3 is 14.5 Å². The molecule has 0 aromatic carbocycles. The van der Waals surface area contributed by atoms with Gasteiger partial charge in [0, 0.05) is 39.2 Å². The fraction of sp³-hybridized carbons (Fsp3) is 0.857. The molecule has 2 rings (SSSR count). The lowest BCUT2D eigenvalue weighted by Gasteiger charge is -2.23. The van der Waals surface area contributed by atoms with Crippen LogP contribution in [0, 0.1) is 5.92 Å². The van der Waals surface area contributed by atoms with Crippen LogP contribution in [-0.2, 0) is 14.3 Å². The smallest absolute Gasteiger partial charge is 0.227 e. The first kappa shape index (κ1) is 14.3. The summed E-state index contributed by atoms with van der Waals surface area (Å²) in [6, 6.07) is 0. The van der Waals surface area contributed by atoms with Crippen molar-refractivity contribution in [2.45, 2.75) is 39.2 Å². The van der Waals surface area contributed by atoms with Gasteiger partial charge in [-0.3, -0.25) is 9.59 Å². The minimum absolute atomic E-state index is 0.0982. The third-order valence-corrected chi connectivity index (χ3v) is 4.09. The molecule has 2 heterocycles. The number of nitrogens with zero attached hydrogens (tertiary/aromatic N) is 2. The SMILES string of the molecule is CCN(CC)C(=O)C1CC(=O)N(CC2CCCO2)C1. The van der Waals surface area contributed by atoms with Gasteiger partial charge in [-0.2, -0.15) is 0 Å². The quantitative estimate of drug-likeness (QED) is 0.744. The van der Waals surface area contributed by atoms with Gasteiger partial charge >= 0.3 is 0 Å². The van der Waals surface area contributed by atoms with E-state index >= 15 is 0 Å². The number of carbonyl (C=O) groups excluding carboxylic acids is 2. The number of rotatable bonds is 5. The Bertz CT molecular complexity index is 336. The number of ether oxygens (including phenoxy) is 1. The lowest BCUT2D eigenvalue weighted by atomic mass is 10.1. The standard InChI is InChI=1S/C14H24N2O3/c1-3-15(4-2)14(18)11-8-13(17)16(9-11)10-12-6-5-7-19-12/h11-12H,3-10H2,1-2H3. The molecule has 0 saturated carbocycles. The fourth-order valence-corrected chi connectivity index (χ4v) is 2.94. The molecule has 2 unspecified atom stereocenters. The molecule has 2 atom stereocenters. The van der Waals surface area contributed by atoms with E-state index in [4.69, 9.17) is 4.74 Å². The lowest BCUT2D eigenvalue weighted by Crippen LogP contribution is -2.38. The van der Waals surface area contributed by atoms with Crippen molar-refractivity contribution in [3.8, 4) is 0 Å². The molecule has 108 valence electrons. The minimum Gasteiger partial charge on any atom is -0.376 e. The van der Waals surface area contributed by atoms with E-state index in [1.54, 1.807) is 0 Å². The molecule has 2 amide bonds. The average molecular weight is 268 g/mol. The maximum Gasteiger partial charge on any atom is 0.227 e. The van der Waals surface area contributed by atoms with Crippen molar-refractivity contribution in [2.24, 2.45) is 5.92 Å². The number of carbonyl (C=O) groups is 2. The summed E-state index contributed by atoms with van der Waals surface area (Å²) < 4.78 is 5.56. The summed E-state index contributed by atoms with van der Waals surface area (Å²) in [4.78, 5) is 27.8. The van der Waals surface area contributed by atoms with Crippen molar-refractivity contribution in [3.05, 3.63) is 0 Å². The van der Waals surface area contributed by atoms with E-state index in [0.29, 0.717) is 32.6 Å². The third-order valence-electron chi connectivity index (χ3n) is 4.09. The van der Waals surface area contributed by atoms with E-state index in [1.807, 2.05) is 23.6 Å². The Morgan fingerprint density at radius 1 is 1.42 bits per heavy atom. The van der Waals surface area contributed by atoms with Crippen LogP contribution in [0.15, 0.2) is 0 Å². The monoisotopic (exact) mass is 268 g/mol. The average Bonchev–Trinajstić information content (AvgIpc) is 3.02. The van der Waals surface area contributed by atoms with E-state index in [1.165, 1.54) is 0 Å². The number of amides is 2. The Hall–Kier alpha value is -1.10. The van der Waals surface area contributed by atoms with E-state index in [9.17, 15) is 9.59 Å². The normalized spacial score (nSPS) is 27.1. The van der Waals surface area contributed by atoms with Crippen LogP contribution >= 0.6 is 0 Å². The van der Waals surface area contributed by atoms with Crippen molar-refractivity contribution < 1.29 is 14.3 Å². The van der Waals surface area contributed by atoms with Gasteiger partial charge in [0.15, 0.2) is 0 Å². The molecule has 2 aliphatic heterocycles. The van der Waals surface area contributed by atoms with Crippen LogP contribution in [0.4, 0.5) is 0 Å². The zero-order valence-corrected chi connectivity index (χ0v) is 11.9. The molecule has 0 N–H and O–H groups in total. The first-order chi connectivity index (χ1) is 9.15. The van der Waals surface area contributed by atoms with E-state index in [2.05, 4.69) is 0 Å². The van der Waals surface area contributed by atoms with Gasteiger partial charge in [-0.25, -0.2) is 0 Å². The molecule has 2 saturated heterocycles. The van der Waals surface area contributed by atoms with Crippen LogP contribution in [0.2, 0.25) is 0 Å². The van der Waals surface area contributed by atoms with Gasteiger partial charge in [-0.15, -0.1) is 0 Å². The van der Waals surface area contributed by atoms with Gasteiger partial charge in [0.2, 0.25) is 11.8 Å². The molecule has 5 heteroatoms. The molecule has 0 aliphatic carbocycles. The molecule has 0 bridgehead atoms. The van der Waals surface area contributed by atoms with Gasteiger partial charge in [0.1, 0.15) is 0 Å². The van der Waals surface area contributed by atoms with E-state index < -0.39 is 0 Å². The Kier molecular flexibility index (Phi) is 4.80. The summed E-state index contributed by atoms with van der Waals surface area (Å²) in [5, 5.41) is 0. The molecule has 5 nitrogen and oxygen atoms in total. The van der Waals surface area contributed by atoms with Crippen LogP contribution < -0.4 is 0 Å². The molecule has 0 aromatic heterocycles. The van der Waals surface area contributed by atoms with Crippen LogP contribution in [-0.4, -0.2) is 60.5 Å². The van der Waals surface area contributed by atoms with Crippen molar-refractivity contribution in [1.82, 2.24) is 9.80 Å².